The highest BCUT2D eigenvalue weighted by atomic mass is 32.2. The number of amides is 1. The van der Waals surface area contributed by atoms with E-state index in [1.807, 2.05) is 32.6 Å². The van der Waals surface area contributed by atoms with Crippen molar-refractivity contribution in [2.24, 2.45) is 14.1 Å². The first-order valence-corrected chi connectivity index (χ1v) is 11.6. The van der Waals surface area contributed by atoms with Crippen LogP contribution in [0.5, 0.6) is 0 Å². The molecule has 0 N–H and O–H groups in total. The van der Waals surface area contributed by atoms with Gasteiger partial charge in [0.1, 0.15) is 16.2 Å². The smallest absolute Gasteiger partial charge is 0.316 e. The number of carbonyl (C=O) groups excluding carboxylic acids is 1. The van der Waals surface area contributed by atoms with Crippen LogP contribution in [0.2, 0.25) is 0 Å². The summed E-state index contributed by atoms with van der Waals surface area (Å²) in [5.74, 6) is 0.680. The lowest BCUT2D eigenvalue weighted by molar-refractivity contribution is -0.126. The van der Waals surface area contributed by atoms with E-state index in [0.29, 0.717) is 23.0 Å². The summed E-state index contributed by atoms with van der Waals surface area (Å²) in [5.41, 5.74) is 0.110. The highest BCUT2D eigenvalue weighted by molar-refractivity contribution is 8.00. The zero-order valence-corrected chi connectivity index (χ0v) is 20.0. The fourth-order valence-corrected chi connectivity index (χ4v) is 4.57. The molecule has 0 spiro atoms. The van der Waals surface area contributed by atoms with Crippen molar-refractivity contribution in [1.29, 1.82) is 0 Å². The molecule has 0 atom stereocenters. The maximum atomic E-state index is 13.0. The Morgan fingerprint density at radius 2 is 1.87 bits per heavy atom. The summed E-state index contributed by atoms with van der Waals surface area (Å²) in [4.78, 5) is 49.4. The molecule has 0 aromatic carbocycles. The Hall–Kier alpha value is -2.42. The summed E-state index contributed by atoms with van der Waals surface area (Å²) in [6, 6.07) is 0. The van der Waals surface area contributed by atoms with Crippen LogP contribution in [0.25, 0.3) is 11.0 Å². The van der Waals surface area contributed by atoms with Gasteiger partial charge >= 0.3 is 5.69 Å². The van der Waals surface area contributed by atoms with Crippen LogP contribution in [0, 0.1) is 0 Å². The largest absolute Gasteiger partial charge is 0.332 e. The first-order valence-electron chi connectivity index (χ1n) is 10.7. The number of nitrogens with zero attached hydrogens (tertiary/aromatic N) is 5. The van der Waals surface area contributed by atoms with Gasteiger partial charge in [-0.05, 0) is 32.6 Å². The van der Waals surface area contributed by atoms with Crippen molar-refractivity contribution < 1.29 is 4.79 Å². The second kappa shape index (κ2) is 8.98. The van der Waals surface area contributed by atoms with Gasteiger partial charge in [0.15, 0.2) is 5.65 Å². The normalized spacial score (nSPS) is 14.6. The molecule has 1 aliphatic carbocycles. The van der Waals surface area contributed by atoms with Crippen molar-refractivity contribution in [3.63, 3.8) is 0 Å². The van der Waals surface area contributed by atoms with E-state index in [0.717, 1.165) is 35.9 Å². The van der Waals surface area contributed by atoms with Gasteiger partial charge in [-0.25, -0.2) is 14.8 Å². The third kappa shape index (κ3) is 4.61. The van der Waals surface area contributed by atoms with Gasteiger partial charge in [0.2, 0.25) is 5.91 Å². The maximum Gasteiger partial charge on any atom is 0.332 e. The van der Waals surface area contributed by atoms with Crippen LogP contribution in [0.4, 0.5) is 0 Å². The van der Waals surface area contributed by atoms with Crippen LogP contribution >= 0.6 is 11.8 Å². The van der Waals surface area contributed by atoms with Crippen molar-refractivity contribution in [2.45, 2.75) is 63.8 Å². The van der Waals surface area contributed by atoms with Crippen molar-refractivity contribution in [2.75, 3.05) is 12.3 Å². The molecule has 2 heterocycles. The third-order valence-electron chi connectivity index (χ3n) is 5.50. The lowest BCUT2D eigenvalue weighted by Crippen LogP contribution is -2.38. The Labute approximate surface area is 186 Å². The molecule has 0 fully saturated rings. The lowest BCUT2D eigenvalue weighted by Gasteiger charge is -2.26. The molecule has 0 unspecified atom stereocenters. The van der Waals surface area contributed by atoms with Gasteiger partial charge in [-0.15, -0.1) is 0 Å². The second-order valence-corrected chi connectivity index (χ2v) is 9.84. The van der Waals surface area contributed by atoms with Crippen LogP contribution in [-0.2, 0) is 24.3 Å². The average Bonchev–Trinajstić information content (AvgIpc) is 2.74. The Morgan fingerprint density at radius 1 is 1.16 bits per heavy atom. The minimum absolute atomic E-state index is 0.00800. The average molecular weight is 446 g/mol. The number of aromatic nitrogens is 4. The molecule has 0 saturated carbocycles. The fraction of sp³-hybridized carbons (Fsp3) is 0.591. The van der Waals surface area contributed by atoms with E-state index < -0.39 is 11.2 Å². The van der Waals surface area contributed by atoms with Crippen LogP contribution in [-0.4, -0.2) is 42.2 Å². The number of thioether (sulfide) groups is 1. The number of aryl methyl sites for hydroxylation is 1. The van der Waals surface area contributed by atoms with Crippen molar-refractivity contribution in [1.82, 2.24) is 24.0 Å². The Kier molecular flexibility index (Phi) is 6.73. The molecule has 31 heavy (non-hydrogen) atoms. The maximum absolute atomic E-state index is 13.0. The van der Waals surface area contributed by atoms with Gasteiger partial charge in [0.25, 0.3) is 5.56 Å². The van der Waals surface area contributed by atoms with Crippen molar-refractivity contribution >= 4 is 28.7 Å². The first kappa shape index (κ1) is 23.2. The van der Waals surface area contributed by atoms with Crippen LogP contribution in [0.3, 0.4) is 0 Å². The summed E-state index contributed by atoms with van der Waals surface area (Å²) in [6.45, 7) is 8.50. The van der Waals surface area contributed by atoms with E-state index >= 15 is 0 Å². The molecule has 0 radical (unpaired) electrons. The molecular formula is C22H31N5O3S. The summed E-state index contributed by atoms with van der Waals surface area (Å²) >= 11 is 1.24. The Bertz CT molecular complexity index is 1160. The first-order chi connectivity index (χ1) is 14.6. The summed E-state index contributed by atoms with van der Waals surface area (Å²) in [6.07, 6.45) is 6.32. The molecule has 0 bridgehead atoms. The number of fused-ring (bicyclic) bond motifs is 1. The lowest BCUT2D eigenvalue weighted by atomic mass is 9.96. The monoisotopic (exact) mass is 445 g/mol. The van der Waals surface area contributed by atoms with E-state index in [2.05, 4.69) is 16.0 Å². The second-order valence-electron chi connectivity index (χ2n) is 8.87. The van der Waals surface area contributed by atoms with Gasteiger partial charge in [-0.1, -0.05) is 38.6 Å². The zero-order valence-electron chi connectivity index (χ0n) is 19.2. The summed E-state index contributed by atoms with van der Waals surface area (Å²) < 4.78 is 2.42. The van der Waals surface area contributed by atoms with Gasteiger partial charge < -0.3 is 4.90 Å². The predicted molar refractivity (Wildman–Crippen MR) is 123 cm³/mol. The fourth-order valence-electron chi connectivity index (χ4n) is 3.68. The van der Waals surface area contributed by atoms with Crippen LogP contribution < -0.4 is 11.2 Å². The van der Waals surface area contributed by atoms with Crippen LogP contribution in [0.1, 0.15) is 59.2 Å². The number of carbonyl (C=O) groups is 1. The summed E-state index contributed by atoms with van der Waals surface area (Å²) in [5, 5.41) is 0.712. The third-order valence-corrected chi connectivity index (χ3v) is 6.46. The molecule has 3 rings (SSSR count). The molecule has 2 aromatic rings. The number of hydrogen-bond acceptors (Lipinski definition) is 6. The standard InChI is InChI=1S/C22H31N5O3S/c1-7-27(14-11-9-8-10-12-14)15(28)13-31-18-16-17(23-20(24-18)22(2,3)4)25(5)21(30)26(6)19(16)29/h11H,7-10,12-13H2,1-6H3. The highest BCUT2D eigenvalue weighted by Crippen LogP contribution is 2.28. The topological polar surface area (TPSA) is 90.1 Å². The van der Waals surface area contributed by atoms with E-state index in [1.54, 1.807) is 7.05 Å². The number of allylic oxidation sites excluding steroid dienone is 2. The molecule has 1 amide bonds. The molecule has 0 aliphatic heterocycles. The molecule has 0 saturated heterocycles. The SMILES string of the molecule is CCN(C(=O)CSc1nc(C(C)(C)C)nc2c1c(=O)n(C)c(=O)n2C)C1=CCCCC1. The zero-order chi connectivity index (χ0) is 22.9. The number of hydrogen-bond donors (Lipinski definition) is 0. The van der Waals surface area contributed by atoms with E-state index in [-0.39, 0.29) is 22.5 Å². The van der Waals surface area contributed by atoms with Gasteiger partial charge in [0.05, 0.1) is 5.75 Å². The Balaban J connectivity index is 2.04. The minimum atomic E-state index is -0.448. The molecule has 168 valence electrons. The minimum Gasteiger partial charge on any atom is -0.316 e. The Morgan fingerprint density at radius 3 is 2.45 bits per heavy atom. The van der Waals surface area contributed by atoms with Crippen molar-refractivity contribution in [3.8, 4) is 0 Å². The molecule has 8 nitrogen and oxygen atoms in total. The van der Waals surface area contributed by atoms with Gasteiger partial charge in [-0.2, -0.15) is 0 Å². The predicted octanol–water partition coefficient (Wildman–Crippen LogP) is 2.72. The quantitative estimate of drug-likeness (QED) is 0.519. The molecule has 9 heteroatoms. The highest BCUT2D eigenvalue weighted by Gasteiger charge is 2.25. The van der Waals surface area contributed by atoms with Gasteiger partial charge in [-0.3, -0.25) is 18.7 Å². The van der Waals surface area contributed by atoms with E-state index in [9.17, 15) is 14.4 Å². The van der Waals surface area contributed by atoms with Crippen molar-refractivity contribution in [3.05, 3.63) is 38.4 Å². The van der Waals surface area contributed by atoms with E-state index in [4.69, 9.17) is 0 Å². The molecular weight excluding hydrogens is 414 g/mol. The van der Waals surface area contributed by atoms with E-state index in [1.165, 1.54) is 23.4 Å². The summed E-state index contributed by atoms with van der Waals surface area (Å²) in [7, 11) is 3.03. The van der Waals surface area contributed by atoms with Crippen LogP contribution in [0.15, 0.2) is 26.4 Å². The molecule has 2 aromatic heterocycles. The molecule has 1 aliphatic rings. The van der Waals surface area contributed by atoms with Gasteiger partial charge in [0, 0.05) is 31.8 Å². The number of rotatable bonds is 5.